The molecule has 1 N–H and O–H groups in total. The van der Waals surface area contributed by atoms with E-state index in [0.29, 0.717) is 11.4 Å². The molecular formula is C19H20ClNO4. The van der Waals surface area contributed by atoms with Crippen molar-refractivity contribution in [3.8, 4) is 5.75 Å². The molecule has 25 heavy (non-hydrogen) atoms. The standard InChI is InChI=1S/C19H20ClNO4/c1-11-6-5-7-17(12(11)2)25-13(3)18(22)21-14-8-9-16(20)15(10-14)19(23)24-4/h5-10,13H,1-4H3,(H,21,22). The molecular weight excluding hydrogens is 342 g/mol. The van der Waals surface area contributed by atoms with Crippen LogP contribution >= 0.6 is 11.6 Å². The number of rotatable bonds is 5. The molecule has 0 radical (unpaired) electrons. The molecule has 6 heteroatoms. The van der Waals surface area contributed by atoms with Crippen LogP contribution in [0.3, 0.4) is 0 Å². The van der Waals surface area contributed by atoms with Gasteiger partial charge in [0.05, 0.1) is 17.7 Å². The molecule has 0 aliphatic heterocycles. The Morgan fingerprint density at radius 2 is 1.88 bits per heavy atom. The minimum Gasteiger partial charge on any atom is -0.481 e. The van der Waals surface area contributed by atoms with Crippen LogP contribution in [0.1, 0.15) is 28.4 Å². The number of esters is 1. The molecule has 0 aliphatic rings. The number of anilines is 1. The fourth-order valence-corrected chi connectivity index (χ4v) is 2.40. The normalized spacial score (nSPS) is 11.6. The number of benzene rings is 2. The summed E-state index contributed by atoms with van der Waals surface area (Å²) in [6.07, 6.45) is -0.710. The largest absolute Gasteiger partial charge is 0.481 e. The van der Waals surface area contributed by atoms with E-state index >= 15 is 0 Å². The van der Waals surface area contributed by atoms with E-state index in [1.807, 2.05) is 32.0 Å². The smallest absolute Gasteiger partial charge is 0.339 e. The Morgan fingerprint density at radius 3 is 2.56 bits per heavy atom. The minimum absolute atomic E-state index is 0.185. The summed E-state index contributed by atoms with van der Waals surface area (Å²) in [6.45, 7) is 5.58. The number of ether oxygens (including phenoxy) is 2. The van der Waals surface area contributed by atoms with E-state index in [1.54, 1.807) is 13.0 Å². The van der Waals surface area contributed by atoms with Crippen LogP contribution in [0.25, 0.3) is 0 Å². The zero-order valence-electron chi connectivity index (χ0n) is 14.6. The van der Waals surface area contributed by atoms with Gasteiger partial charge in [0.1, 0.15) is 5.75 Å². The predicted octanol–water partition coefficient (Wildman–Crippen LogP) is 4.15. The van der Waals surface area contributed by atoms with Crippen molar-refractivity contribution in [3.63, 3.8) is 0 Å². The average molecular weight is 362 g/mol. The minimum atomic E-state index is -0.710. The molecule has 1 unspecified atom stereocenters. The molecule has 2 rings (SSSR count). The zero-order valence-corrected chi connectivity index (χ0v) is 15.3. The lowest BCUT2D eigenvalue weighted by atomic mass is 10.1. The van der Waals surface area contributed by atoms with Crippen LogP contribution in [-0.4, -0.2) is 25.1 Å². The summed E-state index contributed by atoms with van der Waals surface area (Å²) in [5.74, 6) is -0.242. The van der Waals surface area contributed by atoms with Gasteiger partial charge in [-0.05, 0) is 56.2 Å². The lowest BCUT2D eigenvalue weighted by Crippen LogP contribution is -2.30. The maximum atomic E-state index is 12.4. The summed E-state index contributed by atoms with van der Waals surface area (Å²) in [4.78, 5) is 24.0. The van der Waals surface area contributed by atoms with Gasteiger partial charge in [0.2, 0.25) is 0 Å². The van der Waals surface area contributed by atoms with Crippen LogP contribution in [-0.2, 0) is 9.53 Å². The molecule has 1 amide bonds. The average Bonchev–Trinajstić information content (AvgIpc) is 2.59. The summed E-state index contributed by atoms with van der Waals surface area (Å²) in [7, 11) is 1.27. The van der Waals surface area contributed by atoms with E-state index in [1.165, 1.54) is 19.2 Å². The fourth-order valence-electron chi connectivity index (χ4n) is 2.21. The number of methoxy groups -OCH3 is 1. The van der Waals surface area contributed by atoms with E-state index in [2.05, 4.69) is 10.1 Å². The summed E-state index contributed by atoms with van der Waals surface area (Å²) in [5.41, 5.74) is 2.70. The SMILES string of the molecule is COC(=O)c1cc(NC(=O)C(C)Oc2cccc(C)c2C)ccc1Cl. The monoisotopic (exact) mass is 361 g/mol. The van der Waals surface area contributed by atoms with Crippen molar-refractivity contribution >= 4 is 29.2 Å². The Kier molecular flexibility index (Phi) is 6.04. The van der Waals surface area contributed by atoms with Gasteiger partial charge >= 0.3 is 5.97 Å². The Bertz CT molecular complexity index is 804. The fraction of sp³-hybridized carbons (Fsp3) is 0.263. The Labute approximate surface area is 151 Å². The van der Waals surface area contributed by atoms with Gasteiger partial charge in [-0.1, -0.05) is 23.7 Å². The predicted molar refractivity (Wildman–Crippen MR) is 97.4 cm³/mol. The van der Waals surface area contributed by atoms with Crippen molar-refractivity contribution in [3.05, 3.63) is 58.1 Å². The van der Waals surface area contributed by atoms with Crippen LogP contribution in [0, 0.1) is 13.8 Å². The highest BCUT2D eigenvalue weighted by Gasteiger charge is 2.18. The highest BCUT2D eigenvalue weighted by molar-refractivity contribution is 6.33. The van der Waals surface area contributed by atoms with Crippen molar-refractivity contribution in [2.45, 2.75) is 26.9 Å². The van der Waals surface area contributed by atoms with Crippen molar-refractivity contribution in [1.29, 1.82) is 0 Å². The van der Waals surface area contributed by atoms with Crippen LogP contribution in [0.5, 0.6) is 5.75 Å². The highest BCUT2D eigenvalue weighted by atomic mass is 35.5. The third kappa shape index (κ3) is 4.51. The van der Waals surface area contributed by atoms with Crippen molar-refractivity contribution < 1.29 is 19.1 Å². The molecule has 0 heterocycles. The molecule has 1 atom stereocenters. The Hall–Kier alpha value is -2.53. The third-order valence-electron chi connectivity index (χ3n) is 3.87. The first-order valence-electron chi connectivity index (χ1n) is 7.75. The van der Waals surface area contributed by atoms with Crippen LogP contribution in [0.2, 0.25) is 5.02 Å². The lowest BCUT2D eigenvalue weighted by molar-refractivity contribution is -0.122. The quantitative estimate of drug-likeness (QED) is 0.812. The lowest BCUT2D eigenvalue weighted by Gasteiger charge is -2.17. The van der Waals surface area contributed by atoms with Crippen molar-refractivity contribution in [2.75, 3.05) is 12.4 Å². The van der Waals surface area contributed by atoms with Gasteiger partial charge in [0.25, 0.3) is 5.91 Å². The van der Waals surface area contributed by atoms with Gasteiger partial charge in [-0.3, -0.25) is 4.79 Å². The first-order valence-corrected chi connectivity index (χ1v) is 8.13. The Morgan fingerprint density at radius 1 is 1.16 bits per heavy atom. The van der Waals surface area contributed by atoms with E-state index in [0.717, 1.165) is 11.1 Å². The highest BCUT2D eigenvalue weighted by Crippen LogP contribution is 2.23. The molecule has 0 saturated carbocycles. The number of hydrogen-bond acceptors (Lipinski definition) is 4. The number of aryl methyl sites for hydroxylation is 1. The van der Waals surface area contributed by atoms with Crippen LogP contribution in [0.4, 0.5) is 5.69 Å². The molecule has 132 valence electrons. The van der Waals surface area contributed by atoms with Gasteiger partial charge < -0.3 is 14.8 Å². The Balaban J connectivity index is 2.11. The maximum Gasteiger partial charge on any atom is 0.339 e. The van der Waals surface area contributed by atoms with Gasteiger partial charge in [0.15, 0.2) is 6.10 Å². The first kappa shape index (κ1) is 18.8. The third-order valence-corrected chi connectivity index (χ3v) is 4.20. The van der Waals surface area contributed by atoms with E-state index in [-0.39, 0.29) is 16.5 Å². The number of carbonyl (C=O) groups excluding carboxylic acids is 2. The van der Waals surface area contributed by atoms with E-state index in [4.69, 9.17) is 16.3 Å². The number of amides is 1. The second-order valence-corrected chi connectivity index (χ2v) is 6.04. The number of nitrogens with one attached hydrogen (secondary N) is 1. The molecule has 0 fully saturated rings. The van der Waals surface area contributed by atoms with Crippen molar-refractivity contribution in [2.24, 2.45) is 0 Å². The van der Waals surface area contributed by atoms with Crippen LogP contribution < -0.4 is 10.1 Å². The maximum absolute atomic E-state index is 12.4. The zero-order chi connectivity index (χ0) is 18.6. The van der Waals surface area contributed by atoms with Gasteiger partial charge in [-0.15, -0.1) is 0 Å². The molecule has 0 aliphatic carbocycles. The van der Waals surface area contributed by atoms with E-state index < -0.39 is 12.1 Å². The first-order chi connectivity index (χ1) is 11.8. The topological polar surface area (TPSA) is 64.6 Å². The molecule has 5 nitrogen and oxygen atoms in total. The number of carbonyl (C=O) groups is 2. The summed E-state index contributed by atoms with van der Waals surface area (Å²) in [5, 5.41) is 2.97. The number of halogens is 1. The summed E-state index contributed by atoms with van der Waals surface area (Å²) < 4.78 is 10.4. The molecule has 0 aromatic heterocycles. The van der Waals surface area contributed by atoms with Gasteiger partial charge in [0, 0.05) is 5.69 Å². The molecule has 0 spiro atoms. The molecule has 2 aromatic rings. The van der Waals surface area contributed by atoms with Crippen LogP contribution in [0.15, 0.2) is 36.4 Å². The van der Waals surface area contributed by atoms with Gasteiger partial charge in [-0.25, -0.2) is 4.79 Å². The summed E-state index contributed by atoms with van der Waals surface area (Å²) in [6, 6.07) is 10.3. The summed E-state index contributed by atoms with van der Waals surface area (Å²) >= 11 is 5.97. The second kappa shape index (κ2) is 8.03. The molecule has 2 aromatic carbocycles. The van der Waals surface area contributed by atoms with Gasteiger partial charge in [-0.2, -0.15) is 0 Å². The molecule has 0 bridgehead atoms. The van der Waals surface area contributed by atoms with Crippen molar-refractivity contribution in [1.82, 2.24) is 0 Å². The van der Waals surface area contributed by atoms with E-state index in [9.17, 15) is 9.59 Å². The second-order valence-electron chi connectivity index (χ2n) is 5.63. The molecule has 0 saturated heterocycles. The number of hydrogen-bond donors (Lipinski definition) is 1.